The van der Waals surface area contributed by atoms with Gasteiger partial charge in [0.25, 0.3) is 5.91 Å². The maximum absolute atomic E-state index is 12.5. The van der Waals surface area contributed by atoms with Crippen molar-refractivity contribution in [2.45, 2.75) is 19.8 Å². The van der Waals surface area contributed by atoms with Gasteiger partial charge in [-0.2, -0.15) is 0 Å². The zero-order valence-corrected chi connectivity index (χ0v) is 17.9. The number of carbonyl (C=O) groups is 2. The van der Waals surface area contributed by atoms with Crippen molar-refractivity contribution in [3.8, 4) is 11.5 Å². The van der Waals surface area contributed by atoms with Crippen molar-refractivity contribution in [1.82, 2.24) is 0 Å². The van der Waals surface area contributed by atoms with E-state index >= 15 is 0 Å². The lowest BCUT2D eigenvalue weighted by Crippen LogP contribution is -2.15. The molecule has 6 heteroatoms. The molecule has 0 bridgehead atoms. The van der Waals surface area contributed by atoms with Gasteiger partial charge in [0.05, 0.1) is 25.6 Å². The maximum atomic E-state index is 12.5. The van der Waals surface area contributed by atoms with Gasteiger partial charge in [0.2, 0.25) is 5.91 Å². The molecule has 0 aromatic heterocycles. The Kier molecular flexibility index (Phi) is 7.27. The summed E-state index contributed by atoms with van der Waals surface area (Å²) < 4.78 is 10.9. The van der Waals surface area contributed by atoms with E-state index in [9.17, 15) is 9.59 Å². The summed E-state index contributed by atoms with van der Waals surface area (Å²) in [5.41, 5.74) is 3.73. The van der Waals surface area contributed by atoms with Crippen LogP contribution in [0.3, 0.4) is 0 Å². The van der Waals surface area contributed by atoms with E-state index in [0.717, 1.165) is 11.1 Å². The highest BCUT2D eigenvalue weighted by Crippen LogP contribution is 2.36. The van der Waals surface area contributed by atoms with Crippen LogP contribution in [-0.2, 0) is 11.2 Å². The summed E-state index contributed by atoms with van der Waals surface area (Å²) in [4.78, 5) is 25.0. The quantitative estimate of drug-likeness (QED) is 0.549. The number of ether oxygens (including phenoxy) is 2. The number of rotatable bonds is 8. The van der Waals surface area contributed by atoms with Gasteiger partial charge in [0.15, 0.2) is 0 Å². The van der Waals surface area contributed by atoms with Crippen LogP contribution in [-0.4, -0.2) is 26.0 Å². The number of nitrogens with one attached hydrogen (secondary N) is 2. The molecule has 160 valence electrons. The topological polar surface area (TPSA) is 76.7 Å². The van der Waals surface area contributed by atoms with Gasteiger partial charge in [-0.25, -0.2) is 0 Å². The van der Waals surface area contributed by atoms with Crippen molar-refractivity contribution in [2.24, 2.45) is 0 Å². The Bertz CT molecular complexity index is 1060. The number of anilines is 2. The molecule has 0 saturated heterocycles. The molecule has 31 heavy (non-hydrogen) atoms. The fourth-order valence-corrected chi connectivity index (χ4v) is 3.22. The van der Waals surface area contributed by atoms with E-state index in [1.165, 1.54) is 14.2 Å². The number of benzene rings is 3. The van der Waals surface area contributed by atoms with Crippen LogP contribution in [0.15, 0.2) is 66.7 Å². The van der Waals surface area contributed by atoms with Gasteiger partial charge in [-0.15, -0.1) is 0 Å². The van der Waals surface area contributed by atoms with E-state index in [1.807, 2.05) is 31.2 Å². The molecule has 0 aliphatic carbocycles. The first-order valence-electron chi connectivity index (χ1n) is 9.98. The van der Waals surface area contributed by atoms with Gasteiger partial charge in [-0.05, 0) is 31.0 Å². The van der Waals surface area contributed by atoms with Crippen LogP contribution in [0.1, 0.15) is 27.9 Å². The minimum Gasteiger partial charge on any atom is -0.494 e. The third kappa shape index (κ3) is 5.85. The lowest BCUT2D eigenvalue weighted by molar-refractivity contribution is -0.116. The van der Waals surface area contributed by atoms with Crippen LogP contribution in [0.4, 0.5) is 11.4 Å². The Balaban J connectivity index is 1.73. The molecule has 0 unspecified atom stereocenters. The van der Waals surface area contributed by atoms with Crippen LogP contribution < -0.4 is 20.1 Å². The van der Waals surface area contributed by atoms with Crippen LogP contribution in [0, 0.1) is 6.92 Å². The second kappa shape index (κ2) is 10.3. The Morgan fingerprint density at radius 2 is 1.45 bits per heavy atom. The maximum Gasteiger partial charge on any atom is 0.255 e. The molecule has 3 aromatic rings. The number of amides is 2. The van der Waals surface area contributed by atoms with E-state index in [0.29, 0.717) is 41.3 Å². The summed E-state index contributed by atoms with van der Waals surface area (Å²) in [7, 11) is 3.01. The van der Waals surface area contributed by atoms with E-state index in [-0.39, 0.29) is 11.8 Å². The molecule has 3 aromatic carbocycles. The van der Waals surface area contributed by atoms with E-state index in [4.69, 9.17) is 9.47 Å². The average molecular weight is 418 g/mol. The first-order chi connectivity index (χ1) is 15.0. The lowest BCUT2D eigenvalue weighted by Gasteiger charge is -2.16. The SMILES string of the molecule is COc1cc(NC(=O)c2ccccc2)c(OC)cc1NC(=O)CCc1cccc(C)c1. The molecule has 3 rings (SSSR count). The number of hydrogen-bond acceptors (Lipinski definition) is 4. The highest BCUT2D eigenvalue weighted by molar-refractivity contribution is 6.05. The molecule has 0 aliphatic rings. The highest BCUT2D eigenvalue weighted by Gasteiger charge is 2.16. The largest absolute Gasteiger partial charge is 0.494 e. The first-order valence-corrected chi connectivity index (χ1v) is 9.98. The minimum atomic E-state index is -0.268. The van der Waals surface area contributed by atoms with Crippen LogP contribution in [0.25, 0.3) is 0 Å². The molecule has 2 N–H and O–H groups in total. The van der Waals surface area contributed by atoms with Crippen LogP contribution in [0.2, 0.25) is 0 Å². The van der Waals surface area contributed by atoms with Crippen molar-refractivity contribution >= 4 is 23.2 Å². The molecule has 0 heterocycles. The second-order valence-electron chi connectivity index (χ2n) is 7.11. The van der Waals surface area contributed by atoms with Gasteiger partial charge in [-0.1, -0.05) is 48.0 Å². The fourth-order valence-electron chi connectivity index (χ4n) is 3.22. The third-order valence-corrected chi connectivity index (χ3v) is 4.80. The van der Waals surface area contributed by atoms with Crippen LogP contribution in [0.5, 0.6) is 11.5 Å². The molecule has 0 atom stereocenters. The molecule has 0 spiro atoms. The van der Waals surface area contributed by atoms with Crippen molar-refractivity contribution in [3.05, 3.63) is 83.4 Å². The predicted molar refractivity (Wildman–Crippen MR) is 122 cm³/mol. The molecule has 6 nitrogen and oxygen atoms in total. The first kappa shape index (κ1) is 21.9. The minimum absolute atomic E-state index is 0.136. The summed E-state index contributed by atoms with van der Waals surface area (Å²) in [6, 6.07) is 20.2. The van der Waals surface area contributed by atoms with Gasteiger partial charge < -0.3 is 20.1 Å². The summed E-state index contributed by atoms with van der Waals surface area (Å²) >= 11 is 0. The number of aryl methyl sites for hydroxylation is 2. The number of hydrogen-bond donors (Lipinski definition) is 2. The average Bonchev–Trinajstić information content (AvgIpc) is 2.79. The monoisotopic (exact) mass is 418 g/mol. The van der Waals surface area contributed by atoms with E-state index in [2.05, 4.69) is 16.7 Å². The van der Waals surface area contributed by atoms with Crippen molar-refractivity contribution in [1.29, 1.82) is 0 Å². The Morgan fingerprint density at radius 3 is 2.06 bits per heavy atom. The van der Waals surface area contributed by atoms with Crippen molar-refractivity contribution in [3.63, 3.8) is 0 Å². The summed E-state index contributed by atoms with van der Waals surface area (Å²) in [6.07, 6.45) is 0.972. The molecular weight excluding hydrogens is 392 g/mol. The molecule has 0 fully saturated rings. The smallest absolute Gasteiger partial charge is 0.255 e. The van der Waals surface area contributed by atoms with Gasteiger partial charge in [0, 0.05) is 24.1 Å². The second-order valence-corrected chi connectivity index (χ2v) is 7.11. The van der Waals surface area contributed by atoms with Crippen molar-refractivity contribution in [2.75, 3.05) is 24.9 Å². The van der Waals surface area contributed by atoms with E-state index < -0.39 is 0 Å². The zero-order valence-electron chi connectivity index (χ0n) is 17.9. The Hall–Kier alpha value is -3.80. The molecule has 2 amide bonds. The standard InChI is InChI=1S/C25H26N2O4/c1-17-8-7-9-18(14-17)12-13-24(28)26-20-15-23(31-3)21(16-22(20)30-2)27-25(29)19-10-5-4-6-11-19/h4-11,14-16H,12-13H2,1-3H3,(H,26,28)(H,27,29). The number of methoxy groups -OCH3 is 2. The lowest BCUT2D eigenvalue weighted by atomic mass is 10.1. The molecule has 0 radical (unpaired) electrons. The zero-order chi connectivity index (χ0) is 22.2. The van der Waals surface area contributed by atoms with Crippen LogP contribution >= 0.6 is 0 Å². The summed E-state index contributed by atoms with van der Waals surface area (Å²) in [5.74, 6) is 0.436. The Morgan fingerprint density at radius 1 is 0.806 bits per heavy atom. The third-order valence-electron chi connectivity index (χ3n) is 4.80. The van der Waals surface area contributed by atoms with E-state index in [1.54, 1.807) is 36.4 Å². The summed E-state index contributed by atoms with van der Waals surface area (Å²) in [5, 5.41) is 5.70. The molecular formula is C25H26N2O4. The fraction of sp³-hybridized carbons (Fsp3) is 0.200. The van der Waals surface area contributed by atoms with Gasteiger partial charge >= 0.3 is 0 Å². The van der Waals surface area contributed by atoms with Gasteiger partial charge in [0.1, 0.15) is 11.5 Å². The molecule has 0 aliphatic heterocycles. The predicted octanol–water partition coefficient (Wildman–Crippen LogP) is 4.84. The molecule has 0 saturated carbocycles. The Labute approximate surface area is 182 Å². The van der Waals surface area contributed by atoms with Gasteiger partial charge in [-0.3, -0.25) is 9.59 Å². The van der Waals surface area contributed by atoms with Crippen molar-refractivity contribution < 1.29 is 19.1 Å². The summed E-state index contributed by atoms with van der Waals surface area (Å²) in [6.45, 7) is 2.03. The normalized spacial score (nSPS) is 10.3. The highest BCUT2D eigenvalue weighted by atomic mass is 16.5. The number of carbonyl (C=O) groups excluding carboxylic acids is 2.